The molecule has 0 spiro atoms. The maximum Gasteiger partial charge on any atom is 0.222 e. The van der Waals surface area contributed by atoms with Gasteiger partial charge in [0.05, 0.1) is 0 Å². The molecule has 0 aromatic carbocycles. The van der Waals surface area contributed by atoms with Crippen LogP contribution in [0.3, 0.4) is 0 Å². The van der Waals surface area contributed by atoms with Crippen molar-refractivity contribution in [2.24, 2.45) is 0 Å². The smallest absolute Gasteiger partial charge is 0.222 e. The number of hydrogen-bond acceptors (Lipinski definition) is 3. The average molecular weight is 652 g/mol. The Labute approximate surface area is 290 Å². The maximum absolute atomic E-state index is 12.3. The largest absolute Gasteiger partial charge is 0.384 e. The normalized spacial score (nSPS) is 12.7. The molecule has 0 bridgehead atoms. The van der Waals surface area contributed by atoms with E-state index in [1.165, 1.54) is 180 Å². The van der Waals surface area contributed by atoms with Gasteiger partial charge in [0.15, 0.2) is 6.23 Å². The number of aliphatic hydroxyl groups excluding tert-OH is 1. The lowest BCUT2D eigenvalue weighted by atomic mass is 10.0. The Kier molecular flexibility index (Phi) is 43.3. The van der Waals surface area contributed by atoms with E-state index in [0.717, 1.165) is 25.7 Å². The number of rotatable bonds is 35. The number of carbonyl (C=O) groups excluding carboxylic acids is 1. The molecule has 4 heteroatoms. The molecule has 2 atom stereocenters. The molecule has 0 fully saturated rings. The van der Waals surface area contributed by atoms with Gasteiger partial charge in [0, 0.05) is 13.5 Å². The minimum atomic E-state index is -0.803. The van der Waals surface area contributed by atoms with Crippen LogP contribution in [-0.2, 0) is 9.53 Å². The molecule has 46 heavy (non-hydrogen) atoms. The number of methoxy groups -OCH3 is 1. The number of carbonyl (C=O) groups is 1. The van der Waals surface area contributed by atoms with Gasteiger partial charge >= 0.3 is 0 Å². The lowest BCUT2D eigenvalue weighted by Crippen LogP contribution is -2.43. The molecular formula is C42H85NO3. The zero-order valence-electron chi connectivity index (χ0n) is 32.2. The van der Waals surface area contributed by atoms with Crippen molar-refractivity contribution in [2.45, 2.75) is 245 Å². The third-order valence-corrected chi connectivity index (χ3v) is 9.14. The van der Waals surface area contributed by atoms with E-state index in [0.29, 0.717) is 6.42 Å². The fourth-order valence-corrected chi connectivity index (χ4v) is 5.93. The summed E-state index contributed by atoms with van der Waals surface area (Å²) < 4.78 is 5.33. The van der Waals surface area contributed by atoms with Gasteiger partial charge in [-0.05, 0) is 19.3 Å². The van der Waals surface area contributed by atoms with Crippen LogP contribution in [0.2, 0.25) is 0 Å². The molecule has 1 amide bonds. The average Bonchev–Trinajstić information content (AvgIpc) is 3.06. The number of aliphatic hydroxyl groups is 1. The molecule has 0 rings (SSSR count). The topological polar surface area (TPSA) is 58.6 Å². The summed E-state index contributed by atoms with van der Waals surface area (Å²) in [7, 11) is 1.54. The number of ether oxygens (including phenoxy) is 1. The van der Waals surface area contributed by atoms with E-state index in [4.69, 9.17) is 4.74 Å². The van der Waals surface area contributed by atoms with Crippen LogP contribution in [0.4, 0.5) is 0 Å². The van der Waals surface area contributed by atoms with Crippen molar-refractivity contribution in [3.63, 3.8) is 0 Å². The summed E-state index contributed by atoms with van der Waals surface area (Å²) >= 11 is 0. The van der Waals surface area contributed by atoms with Crippen LogP contribution in [0.1, 0.15) is 233 Å². The number of allylic oxidation sites excluding steroid dienone is 1. The van der Waals surface area contributed by atoms with E-state index in [2.05, 4.69) is 33.0 Å². The first-order chi connectivity index (χ1) is 22.6. The first-order valence-electron chi connectivity index (χ1n) is 20.7. The van der Waals surface area contributed by atoms with E-state index in [-0.39, 0.29) is 5.91 Å². The SMILES string of the molecule is CCCCCCCC.CCCCCCCCCCCCCCC/C=C/[C@@H](O)[C@H](NC(=O)CCCCCCCCCCCCC)OC. The van der Waals surface area contributed by atoms with Gasteiger partial charge in [0.25, 0.3) is 0 Å². The van der Waals surface area contributed by atoms with Crippen LogP contribution in [0, 0.1) is 0 Å². The second-order valence-electron chi connectivity index (χ2n) is 13.9. The predicted octanol–water partition coefficient (Wildman–Crippen LogP) is 13.5. The highest BCUT2D eigenvalue weighted by molar-refractivity contribution is 5.76. The second-order valence-corrected chi connectivity index (χ2v) is 13.9. The van der Waals surface area contributed by atoms with Crippen LogP contribution in [0.25, 0.3) is 0 Å². The van der Waals surface area contributed by atoms with Gasteiger partial charge in [-0.15, -0.1) is 0 Å². The summed E-state index contributed by atoms with van der Waals surface area (Å²) in [5, 5.41) is 13.2. The molecule has 0 radical (unpaired) electrons. The third-order valence-electron chi connectivity index (χ3n) is 9.14. The Morgan fingerprint density at radius 3 is 1.15 bits per heavy atom. The lowest BCUT2D eigenvalue weighted by Gasteiger charge is -2.20. The van der Waals surface area contributed by atoms with Gasteiger partial charge < -0.3 is 15.2 Å². The molecule has 0 saturated heterocycles. The minimum absolute atomic E-state index is 0.0308. The molecular weight excluding hydrogens is 566 g/mol. The third kappa shape index (κ3) is 39.3. The monoisotopic (exact) mass is 652 g/mol. The van der Waals surface area contributed by atoms with Gasteiger partial charge in [0.1, 0.15) is 6.10 Å². The fraction of sp³-hybridized carbons (Fsp3) is 0.929. The molecule has 0 heterocycles. The second kappa shape index (κ2) is 42.2. The molecule has 0 aromatic rings. The van der Waals surface area contributed by atoms with Crippen molar-refractivity contribution < 1.29 is 14.6 Å². The summed E-state index contributed by atoms with van der Waals surface area (Å²) in [5.41, 5.74) is 0. The molecule has 0 saturated carbocycles. The summed E-state index contributed by atoms with van der Waals surface area (Å²) in [5.74, 6) is -0.0308. The number of amides is 1. The van der Waals surface area contributed by atoms with Gasteiger partial charge in [-0.2, -0.15) is 0 Å². The fourth-order valence-electron chi connectivity index (χ4n) is 5.93. The van der Waals surface area contributed by atoms with Gasteiger partial charge in [-0.1, -0.05) is 220 Å². The molecule has 0 aromatic heterocycles. The molecule has 0 aliphatic rings. The zero-order valence-corrected chi connectivity index (χ0v) is 32.2. The highest BCUT2D eigenvalue weighted by Crippen LogP contribution is 2.14. The molecule has 0 aliphatic carbocycles. The van der Waals surface area contributed by atoms with Crippen LogP contribution in [0.5, 0.6) is 0 Å². The van der Waals surface area contributed by atoms with Crippen LogP contribution < -0.4 is 5.32 Å². The van der Waals surface area contributed by atoms with Crippen molar-refractivity contribution in [3.05, 3.63) is 12.2 Å². The molecule has 4 nitrogen and oxygen atoms in total. The number of nitrogens with one attached hydrogen (secondary N) is 1. The Morgan fingerprint density at radius 1 is 0.522 bits per heavy atom. The van der Waals surface area contributed by atoms with E-state index >= 15 is 0 Å². The van der Waals surface area contributed by atoms with Gasteiger partial charge in [-0.3, -0.25) is 4.79 Å². The quantitative estimate of drug-likeness (QED) is 0.0407. The standard InChI is InChI=1S/C34H67NO3.C8H18/c1-4-6-8-10-12-14-16-17-18-19-21-22-24-26-28-30-32(36)34(38-3)35-33(37)31-29-27-25-23-20-15-13-11-9-7-5-2;1-3-5-7-8-6-4-2/h28,30,32,34,36H,4-27,29,31H2,1-3H3,(H,35,37);3-8H2,1-2H3/b30-28+;/t32-,34-;/m1./s1. The van der Waals surface area contributed by atoms with Gasteiger partial charge in [-0.25, -0.2) is 0 Å². The van der Waals surface area contributed by atoms with E-state index in [1.807, 2.05) is 6.08 Å². The minimum Gasteiger partial charge on any atom is -0.384 e. The van der Waals surface area contributed by atoms with Crippen molar-refractivity contribution in [1.82, 2.24) is 5.32 Å². The Hall–Kier alpha value is -0.870. The highest BCUT2D eigenvalue weighted by atomic mass is 16.5. The number of unbranched alkanes of at least 4 members (excludes halogenated alkanes) is 28. The Bertz CT molecular complexity index is 587. The number of hydrogen-bond donors (Lipinski definition) is 2. The van der Waals surface area contributed by atoms with Crippen molar-refractivity contribution in [1.29, 1.82) is 0 Å². The lowest BCUT2D eigenvalue weighted by molar-refractivity contribution is -0.127. The van der Waals surface area contributed by atoms with E-state index in [1.54, 1.807) is 6.08 Å². The van der Waals surface area contributed by atoms with Crippen LogP contribution >= 0.6 is 0 Å². The van der Waals surface area contributed by atoms with Crippen LogP contribution in [-0.4, -0.2) is 30.5 Å². The van der Waals surface area contributed by atoms with E-state index < -0.39 is 12.3 Å². The summed E-state index contributed by atoms with van der Waals surface area (Å²) in [6.07, 6.45) is 43.9. The van der Waals surface area contributed by atoms with Gasteiger partial charge in [0.2, 0.25) is 5.91 Å². The summed E-state index contributed by atoms with van der Waals surface area (Å²) in [6.45, 7) is 9.05. The van der Waals surface area contributed by atoms with Crippen molar-refractivity contribution >= 4 is 5.91 Å². The van der Waals surface area contributed by atoms with Crippen LogP contribution in [0.15, 0.2) is 12.2 Å². The first-order valence-corrected chi connectivity index (χ1v) is 20.7. The Morgan fingerprint density at radius 2 is 0.826 bits per heavy atom. The molecule has 2 N–H and O–H groups in total. The van der Waals surface area contributed by atoms with E-state index in [9.17, 15) is 9.90 Å². The Balaban J connectivity index is 0. The predicted molar refractivity (Wildman–Crippen MR) is 205 cm³/mol. The molecule has 0 aliphatic heterocycles. The summed E-state index contributed by atoms with van der Waals surface area (Å²) in [4.78, 5) is 12.3. The first kappa shape index (κ1) is 47.2. The highest BCUT2D eigenvalue weighted by Gasteiger charge is 2.18. The summed E-state index contributed by atoms with van der Waals surface area (Å²) in [6, 6.07) is 0. The van der Waals surface area contributed by atoms with Crippen molar-refractivity contribution in [3.8, 4) is 0 Å². The maximum atomic E-state index is 12.3. The molecule has 276 valence electrons. The zero-order chi connectivity index (χ0) is 34.2. The van der Waals surface area contributed by atoms with Crippen molar-refractivity contribution in [2.75, 3.05) is 7.11 Å². The molecule has 0 unspecified atom stereocenters.